The molecule has 19 heavy (non-hydrogen) atoms. The van der Waals surface area contributed by atoms with Crippen molar-refractivity contribution < 1.29 is 0 Å². The zero-order valence-electron chi connectivity index (χ0n) is 10.7. The quantitative estimate of drug-likeness (QED) is 0.630. The molecular formula is C15H14Br2ClN. The largest absolute Gasteiger partial charge is 0.378 e. The molecule has 0 heterocycles. The van der Waals surface area contributed by atoms with Crippen LogP contribution < -0.4 is 5.32 Å². The molecule has 0 bridgehead atoms. The molecule has 0 amide bonds. The second kappa shape index (κ2) is 6.29. The van der Waals surface area contributed by atoms with E-state index in [1.54, 1.807) is 0 Å². The summed E-state index contributed by atoms with van der Waals surface area (Å²) in [6.45, 7) is 4.19. The van der Waals surface area contributed by atoms with E-state index in [2.05, 4.69) is 63.2 Å². The van der Waals surface area contributed by atoms with Crippen molar-refractivity contribution in [1.82, 2.24) is 0 Å². The van der Waals surface area contributed by atoms with Gasteiger partial charge in [-0.1, -0.05) is 49.5 Å². The normalized spacial score (nSPS) is 12.3. The van der Waals surface area contributed by atoms with E-state index in [-0.39, 0.29) is 6.04 Å². The van der Waals surface area contributed by atoms with Gasteiger partial charge in [-0.15, -0.1) is 0 Å². The molecule has 1 unspecified atom stereocenters. The van der Waals surface area contributed by atoms with Crippen LogP contribution in [0.4, 0.5) is 5.69 Å². The number of hydrogen-bond donors (Lipinski definition) is 1. The highest BCUT2D eigenvalue weighted by Crippen LogP contribution is 2.30. The van der Waals surface area contributed by atoms with Crippen LogP contribution in [-0.4, -0.2) is 0 Å². The summed E-state index contributed by atoms with van der Waals surface area (Å²) in [5, 5.41) is 4.26. The minimum absolute atomic E-state index is 0.153. The van der Waals surface area contributed by atoms with Gasteiger partial charge in [0.15, 0.2) is 0 Å². The maximum Gasteiger partial charge on any atom is 0.0500 e. The summed E-state index contributed by atoms with van der Waals surface area (Å²) in [5.74, 6) is 0. The molecule has 0 spiro atoms. The molecule has 0 aliphatic rings. The summed E-state index contributed by atoms with van der Waals surface area (Å²) < 4.78 is 2.08. The third kappa shape index (κ3) is 3.74. The second-order valence-corrected chi connectivity index (χ2v) is 6.73. The molecule has 1 nitrogen and oxygen atoms in total. The van der Waals surface area contributed by atoms with Crippen molar-refractivity contribution >= 4 is 49.1 Å². The number of halogens is 3. The number of rotatable bonds is 3. The van der Waals surface area contributed by atoms with E-state index in [4.69, 9.17) is 11.6 Å². The SMILES string of the molecule is Cc1cc(Br)ccc1NC(C)c1ccc(Br)cc1Cl. The van der Waals surface area contributed by atoms with Gasteiger partial charge in [0, 0.05) is 19.7 Å². The van der Waals surface area contributed by atoms with Crippen LogP contribution in [0.25, 0.3) is 0 Å². The molecular weight excluding hydrogens is 389 g/mol. The summed E-state index contributed by atoms with van der Waals surface area (Å²) in [7, 11) is 0. The van der Waals surface area contributed by atoms with Gasteiger partial charge >= 0.3 is 0 Å². The molecule has 100 valence electrons. The van der Waals surface area contributed by atoms with Crippen LogP contribution in [0.1, 0.15) is 24.1 Å². The van der Waals surface area contributed by atoms with Gasteiger partial charge in [-0.25, -0.2) is 0 Å². The maximum atomic E-state index is 6.28. The van der Waals surface area contributed by atoms with E-state index in [1.807, 2.05) is 24.3 Å². The van der Waals surface area contributed by atoms with Crippen molar-refractivity contribution in [2.24, 2.45) is 0 Å². The summed E-state index contributed by atoms with van der Waals surface area (Å²) in [5.41, 5.74) is 3.41. The van der Waals surface area contributed by atoms with E-state index in [0.717, 1.165) is 25.2 Å². The summed E-state index contributed by atoms with van der Waals surface area (Å²) in [4.78, 5) is 0. The Morgan fingerprint density at radius 1 is 1.05 bits per heavy atom. The molecule has 1 N–H and O–H groups in total. The van der Waals surface area contributed by atoms with Gasteiger partial charge in [-0.3, -0.25) is 0 Å². The molecule has 1 atom stereocenters. The Morgan fingerprint density at radius 2 is 1.68 bits per heavy atom. The molecule has 0 radical (unpaired) electrons. The van der Waals surface area contributed by atoms with Crippen molar-refractivity contribution in [2.45, 2.75) is 19.9 Å². The first-order valence-corrected chi connectivity index (χ1v) is 7.91. The van der Waals surface area contributed by atoms with Crippen molar-refractivity contribution in [1.29, 1.82) is 0 Å². The van der Waals surface area contributed by atoms with Crippen molar-refractivity contribution in [3.8, 4) is 0 Å². The smallest absolute Gasteiger partial charge is 0.0500 e. The molecule has 0 aromatic heterocycles. The number of nitrogens with one attached hydrogen (secondary N) is 1. The van der Waals surface area contributed by atoms with Gasteiger partial charge < -0.3 is 5.32 Å². The summed E-state index contributed by atoms with van der Waals surface area (Å²) in [6.07, 6.45) is 0. The molecule has 0 fully saturated rings. The summed E-state index contributed by atoms with van der Waals surface area (Å²) in [6, 6.07) is 12.3. The average molecular weight is 404 g/mol. The van der Waals surface area contributed by atoms with Gasteiger partial charge in [0.2, 0.25) is 0 Å². The fourth-order valence-corrected chi connectivity index (χ4v) is 3.27. The van der Waals surface area contributed by atoms with Gasteiger partial charge in [0.1, 0.15) is 0 Å². The van der Waals surface area contributed by atoms with Gasteiger partial charge in [0.25, 0.3) is 0 Å². The topological polar surface area (TPSA) is 12.0 Å². The molecule has 0 aliphatic carbocycles. The zero-order valence-corrected chi connectivity index (χ0v) is 14.6. The first-order chi connectivity index (χ1) is 8.97. The van der Waals surface area contributed by atoms with Gasteiger partial charge in [-0.2, -0.15) is 0 Å². The van der Waals surface area contributed by atoms with Crippen molar-refractivity contribution in [2.75, 3.05) is 5.32 Å². The molecule has 0 saturated carbocycles. The van der Waals surface area contributed by atoms with Crippen LogP contribution in [-0.2, 0) is 0 Å². The standard InChI is InChI=1S/C15H14Br2ClN/c1-9-7-11(16)4-6-15(9)19-10(2)13-5-3-12(17)8-14(13)18/h3-8,10,19H,1-2H3. The monoisotopic (exact) mass is 401 g/mol. The molecule has 2 aromatic carbocycles. The Balaban J connectivity index is 2.23. The highest BCUT2D eigenvalue weighted by molar-refractivity contribution is 9.10. The van der Waals surface area contributed by atoms with E-state index in [9.17, 15) is 0 Å². The summed E-state index contributed by atoms with van der Waals surface area (Å²) >= 11 is 13.2. The Hall–Kier alpha value is -0.510. The molecule has 2 aromatic rings. The lowest BCUT2D eigenvalue weighted by atomic mass is 10.1. The molecule has 2 rings (SSSR count). The van der Waals surface area contributed by atoms with Crippen molar-refractivity contribution in [3.05, 3.63) is 61.5 Å². The van der Waals surface area contributed by atoms with Crippen LogP contribution in [0.15, 0.2) is 45.3 Å². The van der Waals surface area contributed by atoms with E-state index in [1.165, 1.54) is 5.56 Å². The number of hydrogen-bond acceptors (Lipinski definition) is 1. The third-order valence-corrected chi connectivity index (χ3v) is 4.30. The molecule has 0 saturated heterocycles. The number of benzene rings is 2. The minimum Gasteiger partial charge on any atom is -0.378 e. The minimum atomic E-state index is 0.153. The number of anilines is 1. The van der Waals surface area contributed by atoms with Crippen LogP contribution in [0, 0.1) is 6.92 Å². The average Bonchev–Trinajstić information content (AvgIpc) is 2.32. The fourth-order valence-electron chi connectivity index (χ4n) is 1.95. The highest BCUT2D eigenvalue weighted by atomic mass is 79.9. The van der Waals surface area contributed by atoms with Crippen molar-refractivity contribution in [3.63, 3.8) is 0 Å². The van der Waals surface area contributed by atoms with Crippen LogP contribution in [0.2, 0.25) is 5.02 Å². The van der Waals surface area contributed by atoms with E-state index < -0.39 is 0 Å². The van der Waals surface area contributed by atoms with E-state index >= 15 is 0 Å². The van der Waals surface area contributed by atoms with Gasteiger partial charge in [0.05, 0.1) is 6.04 Å². The maximum absolute atomic E-state index is 6.28. The third-order valence-electron chi connectivity index (χ3n) is 2.99. The fraction of sp³-hybridized carbons (Fsp3) is 0.200. The Kier molecular flexibility index (Phi) is 4.93. The lowest BCUT2D eigenvalue weighted by Gasteiger charge is -2.19. The molecule has 0 aliphatic heterocycles. The van der Waals surface area contributed by atoms with Crippen LogP contribution in [0.3, 0.4) is 0 Å². The predicted octanol–water partition coefficient (Wildman–Crippen LogP) is 6.35. The van der Waals surface area contributed by atoms with Crippen LogP contribution >= 0.6 is 43.5 Å². The highest BCUT2D eigenvalue weighted by Gasteiger charge is 2.11. The second-order valence-electron chi connectivity index (χ2n) is 4.49. The Morgan fingerprint density at radius 3 is 2.32 bits per heavy atom. The lowest BCUT2D eigenvalue weighted by molar-refractivity contribution is 0.882. The van der Waals surface area contributed by atoms with E-state index in [0.29, 0.717) is 0 Å². The van der Waals surface area contributed by atoms with Gasteiger partial charge in [-0.05, 0) is 55.3 Å². The first-order valence-electron chi connectivity index (χ1n) is 5.95. The predicted molar refractivity (Wildman–Crippen MR) is 90.1 cm³/mol. The Bertz CT molecular complexity index is 599. The molecule has 4 heteroatoms. The lowest BCUT2D eigenvalue weighted by Crippen LogP contribution is -2.08. The van der Waals surface area contributed by atoms with Crippen LogP contribution in [0.5, 0.6) is 0 Å². The zero-order chi connectivity index (χ0) is 14.0. The number of aryl methyl sites for hydroxylation is 1. The first kappa shape index (κ1) is 14.9. The Labute approximate surface area is 135 Å².